The number of rotatable bonds is 4. The van der Waals surface area contributed by atoms with Gasteiger partial charge in [0.05, 0.1) is 51.5 Å². The zero-order chi connectivity index (χ0) is 37.7. The summed E-state index contributed by atoms with van der Waals surface area (Å²) in [5.41, 5.74) is 8.99. The molecule has 2 amide bonds. The summed E-state index contributed by atoms with van der Waals surface area (Å²) in [7, 11) is 0. The van der Waals surface area contributed by atoms with Gasteiger partial charge in [-0.15, -0.1) is 0 Å². The van der Waals surface area contributed by atoms with Crippen LogP contribution < -0.4 is 9.80 Å². The summed E-state index contributed by atoms with van der Waals surface area (Å²) < 4.78 is 0. The molecule has 0 saturated carbocycles. The molecule has 0 unspecified atom stereocenters. The van der Waals surface area contributed by atoms with Crippen LogP contribution in [0.3, 0.4) is 0 Å². The Hall–Kier alpha value is -6.67. The van der Waals surface area contributed by atoms with Crippen LogP contribution in [0.25, 0.3) is 22.3 Å². The minimum absolute atomic E-state index is 0.00968. The molecular weight excluding hydrogens is 663 g/mol. The quantitative estimate of drug-likeness (QED) is 0.180. The molecule has 0 saturated heterocycles. The van der Waals surface area contributed by atoms with Crippen molar-refractivity contribution < 1.29 is 9.59 Å². The molecule has 262 valence electrons. The fraction of sp³-hybridized carbons (Fsp3) is 0.214. The van der Waals surface area contributed by atoms with Crippen molar-refractivity contribution in [1.82, 2.24) is 29.9 Å². The molecule has 0 aliphatic carbocycles. The van der Waals surface area contributed by atoms with Gasteiger partial charge in [0.2, 0.25) is 11.8 Å². The molecule has 0 atom stereocenters. The van der Waals surface area contributed by atoms with Gasteiger partial charge >= 0.3 is 0 Å². The lowest BCUT2D eigenvalue weighted by atomic mass is 9.85. The lowest BCUT2D eigenvalue weighted by molar-refractivity contribution is -0.122. The molecule has 2 aliphatic rings. The van der Waals surface area contributed by atoms with E-state index in [2.05, 4.69) is 48.1 Å². The fourth-order valence-electron chi connectivity index (χ4n) is 6.78. The normalized spacial score (nSPS) is 15.0. The highest BCUT2D eigenvalue weighted by atomic mass is 16.2. The van der Waals surface area contributed by atoms with Crippen molar-refractivity contribution in [2.45, 2.75) is 59.3 Å². The van der Waals surface area contributed by atoms with E-state index in [1.165, 1.54) is 6.20 Å². The Kier molecular flexibility index (Phi) is 8.62. The number of hydrogen-bond donors (Lipinski definition) is 0. The van der Waals surface area contributed by atoms with Crippen molar-refractivity contribution in [3.63, 3.8) is 0 Å². The molecule has 0 radical (unpaired) electrons. The highest BCUT2D eigenvalue weighted by Gasteiger charge is 2.46. The number of pyridine rings is 2. The van der Waals surface area contributed by atoms with E-state index in [0.29, 0.717) is 22.9 Å². The molecule has 53 heavy (non-hydrogen) atoms. The summed E-state index contributed by atoms with van der Waals surface area (Å²) in [6.07, 6.45) is 11.8. The van der Waals surface area contributed by atoms with Gasteiger partial charge in [-0.3, -0.25) is 34.3 Å². The summed E-state index contributed by atoms with van der Waals surface area (Å²) in [6, 6.07) is 19.9. The van der Waals surface area contributed by atoms with E-state index in [9.17, 15) is 14.9 Å². The number of carbonyl (C=O) groups excluding carboxylic acids is 2. The van der Waals surface area contributed by atoms with E-state index in [-0.39, 0.29) is 11.8 Å². The first-order valence-corrected chi connectivity index (χ1v) is 17.1. The Morgan fingerprint density at radius 1 is 0.604 bits per heavy atom. The zero-order valence-corrected chi connectivity index (χ0v) is 30.6. The maximum Gasteiger partial charge on any atom is 0.242 e. The average Bonchev–Trinajstić information content (AvgIpc) is 3.48. The summed E-state index contributed by atoms with van der Waals surface area (Å²) in [4.78, 5) is 55.3. The summed E-state index contributed by atoms with van der Waals surface area (Å²) in [5, 5.41) is 9.18. The Labute approximate surface area is 308 Å². The number of aromatic nitrogens is 6. The predicted octanol–water partition coefficient (Wildman–Crippen LogP) is 7.79. The number of nitriles is 1. The van der Waals surface area contributed by atoms with Crippen molar-refractivity contribution in [2.24, 2.45) is 0 Å². The van der Waals surface area contributed by atoms with Crippen LogP contribution in [-0.2, 0) is 20.4 Å². The van der Waals surface area contributed by atoms with Gasteiger partial charge in [0.1, 0.15) is 11.9 Å². The Morgan fingerprint density at radius 3 is 1.81 bits per heavy atom. The van der Waals surface area contributed by atoms with Crippen molar-refractivity contribution in [2.75, 3.05) is 9.80 Å². The van der Waals surface area contributed by atoms with E-state index in [4.69, 9.17) is 0 Å². The van der Waals surface area contributed by atoms with Gasteiger partial charge in [0.15, 0.2) is 5.82 Å². The fourth-order valence-corrected chi connectivity index (χ4v) is 6.78. The van der Waals surface area contributed by atoms with E-state index in [0.717, 1.165) is 56.1 Å². The monoisotopic (exact) mass is 699 g/mol. The zero-order valence-electron chi connectivity index (χ0n) is 30.6. The van der Waals surface area contributed by atoms with Crippen molar-refractivity contribution in [3.8, 4) is 28.3 Å². The highest BCUT2D eigenvalue weighted by molar-refractivity contribution is 6.13. The number of fused-ring (bicyclic) bond motifs is 2. The first-order chi connectivity index (χ1) is 25.3. The molecule has 11 nitrogen and oxygen atoms in total. The Bertz CT molecular complexity index is 2470. The van der Waals surface area contributed by atoms with Crippen LogP contribution in [0.1, 0.15) is 61.6 Å². The van der Waals surface area contributed by atoms with Gasteiger partial charge in [-0.2, -0.15) is 5.26 Å². The minimum Gasteiger partial charge on any atom is -0.278 e. The van der Waals surface area contributed by atoms with Crippen LogP contribution in [0, 0.1) is 32.1 Å². The second-order valence-electron chi connectivity index (χ2n) is 14.3. The SMILES string of the molecule is Cc1cc(-c2ccc3c(c2)N(c2cncc(C)n2)C(=O)C3(C)C)ccn1.Cc1ncc(-c2ccc3c(c2)N(c2cncc(C#N)c2)C(=O)C3(C)C)cn1. The van der Waals surface area contributed by atoms with E-state index in [1.807, 2.05) is 84.9 Å². The third-order valence-electron chi connectivity index (χ3n) is 9.73. The molecule has 4 aromatic heterocycles. The molecule has 0 fully saturated rings. The van der Waals surface area contributed by atoms with E-state index < -0.39 is 10.8 Å². The first kappa shape index (κ1) is 34.8. The van der Waals surface area contributed by atoms with Crippen molar-refractivity contribution >= 4 is 34.7 Å². The smallest absolute Gasteiger partial charge is 0.242 e. The topological polar surface area (TPSA) is 142 Å². The number of aryl methyl sites for hydroxylation is 3. The van der Waals surface area contributed by atoms with Gasteiger partial charge in [-0.05, 0) is 107 Å². The Morgan fingerprint density at radius 2 is 1.19 bits per heavy atom. The number of carbonyl (C=O) groups is 2. The minimum atomic E-state index is -0.666. The highest BCUT2D eigenvalue weighted by Crippen LogP contribution is 2.48. The van der Waals surface area contributed by atoms with Crippen molar-refractivity contribution in [1.29, 1.82) is 5.26 Å². The number of amides is 2. The van der Waals surface area contributed by atoms with Crippen LogP contribution in [0.15, 0.2) is 98.0 Å². The maximum absolute atomic E-state index is 13.2. The third-order valence-corrected chi connectivity index (χ3v) is 9.73. The third kappa shape index (κ3) is 6.18. The second kappa shape index (κ2) is 13.1. The van der Waals surface area contributed by atoms with Gasteiger partial charge in [0, 0.05) is 42.2 Å². The van der Waals surface area contributed by atoms with E-state index >= 15 is 0 Å². The van der Waals surface area contributed by atoms with Crippen LogP contribution in [0.4, 0.5) is 22.9 Å². The van der Waals surface area contributed by atoms with Crippen LogP contribution >= 0.6 is 0 Å². The van der Waals surface area contributed by atoms with Crippen molar-refractivity contribution in [3.05, 3.63) is 132 Å². The molecule has 11 heteroatoms. The van der Waals surface area contributed by atoms with Crippen LogP contribution in [0.5, 0.6) is 0 Å². The van der Waals surface area contributed by atoms with Gasteiger partial charge < -0.3 is 0 Å². The molecule has 8 rings (SSSR count). The molecule has 0 N–H and O–H groups in total. The second-order valence-corrected chi connectivity index (χ2v) is 14.3. The average molecular weight is 700 g/mol. The van der Waals surface area contributed by atoms with E-state index in [1.54, 1.807) is 53.0 Å². The van der Waals surface area contributed by atoms with Gasteiger partial charge in [-0.25, -0.2) is 15.0 Å². The summed E-state index contributed by atoms with van der Waals surface area (Å²) in [6.45, 7) is 13.4. The molecule has 2 aromatic carbocycles. The molecule has 0 spiro atoms. The predicted molar refractivity (Wildman–Crippen MR) is 203 cm³/mol. The number of nitrogens with zero attached hydrogens (tertiary/aromatic N) is 9. The summed E-state index contributed by atoms with van der Waals surface area (Å²) in [5.74, 6) is 1.23. The van der Waals surface area contributed by atoms with Gasteiger partial charge in [-0.1, -0.05) is 24.3 Å². The maximum atomic E-state index is 13.2. The first-order valence-electron chi connectivity index (χ1n) is 17.1. The van der Waals surface area contributed by atoms with Crippen LogP contribution in [0.2, 0.25) is 0 Å². The number of anilines is 4. The standard InChI is InChI=1S/C21H17N5O.C21H20N4O/c1-13-24-10-16(11-25-13)15-4-5-18-19(7-15)26(20(27)21(18,2)3)17-6-14(8-22)9-23-12-17;1-13-9-16(7-8-23-13)15-5-6-17-18(10-15)25(20(26)21(17,3)4)19-12-22-11-14(2)24-19/h4-7,9-12H,1-3H3;5-12H,1-4H3. The molecule has 2 aliphatic heterocycles. The summed E-state index contributed by atoms with van der Waals surface area (Å²) >= 11 is 0. The molecule has 0 bridgehead atoms. The number of hydrogen-bond acceptors (Lipinski definition) is 9. The number of benzene rings is 2. The van der Waals surface area contributed by atoms with Crippen LogP contribution in [-0.4, -0.2) is 41.7 Å². The molecular formula is C42H37N9O2. The molecule has 6 heterocycles. The Balaban J connectivity index is 0.000000164. The largest absolute Gasteiger partial charge is 0.278 e. The van der Waals surface area contributed by atoms with Gasteiger partial charge in [0.25, 0.3) is 0 Å². The lowest BCUT2D eigenvalue weighted by Gasteiger charge is -2.20. The lowest BCUT2D eigenvalue weighted by Crippen LogP contribution is -2.33. The molecule has 6 aromatic rings.